The Balaban J connectivity index is 2.17. The van der Waals surface area contributed by atoms with Crippen LogP contribution in [0.5, 0.6) is 5.75 Å². The molecule has 110 valence electrons. The minimum atomic E-state index is -0.940. The molecule has 0 aliphatic heterocycles. The molecule has 7 heteroatoms. The zero-order valence-corrected chi connectivity index (χ0v) is 10.8. The van der Waals surface area contributed by atoms with Crippen LogP contribution in [0.1, 0.15) is 11.1 Å². The van der Waals surface area contributed by atoms with Crippen LogP contribution < -0.4 is 4.74 Å². The van der Waals surface area contributed by atoms with E-state index in [9.17, 15) is 18.9 Å². The maximum atomic E-state index is 13.6. The van der Waals surface area contributed by atoms with Gasteiger partial charge in [0.2, 0.25) is 0 Å². The number of rotatable bonds is 5. The average Bonchev–Trinajstić information content (AvgIpc) is 2.46. The molecule has 0 spiro atoms. The molecule has 0 atom stereocenters. The van der Waals surface area contributed by atoms with Gasteiger partial charge in [0.25, 0.3) is 5.69 Å². The molecule has 5 nitrogen and oxygen atoms in total. The fraction of sp³-hybridized carbons (Fsp3) is 0.143. The molecule has 0 aliphatic rings. The van der Waals surface area contributed by atoms with Gasteiger partial charge in [0.05, 0.1) is 11.5 Å². The lowest BCUT2D eigenvalue weighted by Gasteiger charge is -2.09. The number of benzene rings is 2. The Bertz CT molecular complexity index is 653. The van der Waals surface area contributed by atoms with Gasteiger partial charge in [-0.1, -0.05) is 12.1 Å². The molecule has 21 heavy (non-hydrogen) atoms. The summed E-state index contributed by atoms with van der Waals surface area (Å²) in [5.74, 6) is -2.47. The van der Waals surface area contributed by atoms with Crippen molar-refractivity contribution < 1.29 is 23.5 Å². The van der Waals surface area contributed by atoms with E-state index in [-0.39, 0.29) is 17.9 Å². The highest BCUT2D eigenvalue weighted by atomic mass is 19.1. The number of nitro groups is 1. The van der Waals surface area contributed by atoms with Crippen molar-refractivity contribution in [2.24, 2.45) is 0 Å². The van der Waals surface area contributed by atoms with Gasteiger partial charge in [-0.15, -0.1) is 0 Å². The number of ether oxygens (including phenoxy) is 1. The van der Waals surface area contributed by atoms with Crippen LogP contribution in [0.15, 0.2) is 36.4 Å². The number of nitrogens with zero attached hydrogens (tertiary/aromatic N) is 1. The number of non-ortho nitro benzene ring substituents is 1. The largest absolute Gasteiger partial charge is 0.483 e. The Labute approximate surface area is 118 Å². The summed E-state index contributed by atoms with van der Waals surface area (Å²) in [6, 6.07) is 7.50. The third kappa shape index (κ3) is 3.51. The van der Waals surface area contributed by atoms with Gasteiger partial charge >= 0.3 is 0 Å². The van der Waals surface area contributed by atoms with E-state index in [1.54, 1.807) is 6.07 Å². The summed E-state index contributed by atoms with van der Waals surface area (Å²) in [6.45, 7) is -0.701. The molecule has 1 N–H and O–H groups in total. The summed E-state index contributed by atoms with van der Waals surface area (Å²) in [7, 11) is 0. The summed E-state index contributed by atoms with van der Waals surface area (Å²) < 4.78 is 32.3. The standard InChI is InChI=1S/C14H11F2NO4/c15-12-5-10(7-18)6-13(16)14(12)21-8-9-2-1-3-11(4-9)17(19)20/h1-6,18H,7-8H2. The van der Waals surface area contributed by atoms with Gasteiger partial charge in [-0.3, -0.25) is 10.1 Å². The Hall–Kier alpha value is -2.54. The Morgan fingerprint density at radius 2 is 1.81 bits per heavy atom. The Morgan fingerprint density at radius 3 is 2.38 bits per heavy atom. The number of halogens is 2. The molecule has 0 saturated carbocycles. The van der Waals surface area contributed by atoms with Crippen LogP contribution in [-0.4, -0.2) is 10.0 Å². The Morgan fingerprint density at radius 1 is 1.14 bits per heavy atom. The summed E-state index contributed by atoms with van der Waals surface area (Å²) >= 11 is 0. The van der Waals surface area contributed by atoms with E-state index in [2.05, 4.69) is 0 Å². The quantitative estimate of drug-likeness (QED) is 0.680. The highest BCUT2D eigenvalue weighted by molar-refractivity contribution is 5.35. The van der Waals surface area contributed by atoms with Crippen molar-refractivity contribution in [3.63, 3.8) is 0 Å². The molecule has 0 heterocycles. The van der Waals surface area contributed by atoms with Gasteiger partial charge in [-0.2, -0.15) is 0 Å². The van der Waals surface area contributed by atoms with Gasteiger partial charge in [-0.25, -0.2) is 8.78 Å². The van der Waals surface area contributed by atoms with Gasteiger partial charge in [0, 0.05) is 12.1 Å². The van der Waals surface area contributed by atoms with Gasteiger partial charge in [0.1, 0.15) is 6.61 Å². The maximum absolute atomic E-state index is 13.6. The maximum Gasteiger partial charge on any atom is 0.269 e. The lowest BCUT2D eigenvalue weighted by atomic mass is 10.2. The van der Waals surface area contributed by atoms with Crippen LogP contribution in [0.2, 0.25) is 0 Å². The molecule has 0 saturated heterocycles. The number of hydrogen-bond acceptors (Lipinski definition) is 4. The second-order valence-electron chi connectivity index (χ2n) is 4.26. The van der Waals surface area contributed by atoms with Crippen molar-refractivity contribution >= 4 is 5.69 Å². The number of nitro benzene ring substituents is 1. The third-order valence-electron chi connectivity index (χ3n) is 2.75. The SMILES string of the molecule is O=[N+]([O-])c1cccc(COc2c(F)cc(CO)cc2F)c1. The predicted octanol–water partition coefficient (Wildman–Crippen LogP) is 2.94. The second-order valence-corrected chi connectivity index (χ2v) is 4.26. The summed E-state index contributed by atoms with van der Waals surface area (Å²) in [5.41, 5.74) is 0.370. The van der Waals surface area contributed by atoms with Crippen LogP contribution in [-0.2, 0) is 13.2 Å². The van der Waals surface area contributed by atoms with Crippen molar-refractivity contribution in [3.8, 4) is 5.75 Å². The molecule has 2 aromatic rings. The third-order valence-corrected chi connectivity index (χ3v) is 2.75. The molecule has 0 unspecified atom stereocenters. The summed E-state index contributed by atoms with van der Waals surface area (Å²) in [4.78, 5) is 10.1. The van der Waals surface area contributed by atoms with Gasteiger partial charge in [0.15, 0.2) is 17.4 Å². The first-order valence-electron chi connectivity index (χ1n) is 5.96. The number of aliphatic hydroxyl groups is 1. The Kier molecular flexibility index (Phi) is 4.44. The molecule has 0 radical (unpaired) electrons. The molecule has 0 aliphatic carbocycles. The first kappa shape index (κ1) is 14.9. The topological polar surface area (TPSA) is 72.6 Å². The molecule has 0 bridgehead atoms. The van der Waals surface area contributed by atoms with Crippen LogP contribution in [0.4, 0.5) is 14.5 Å². The number of hydrogen-bond donors (Lipinski definition) is 1. The molecule has 2 aromatic carbocycles. The highest BCUT2D eigenvalue weighted by Crippen LogP contribution is 2.25. The zero-order chi connectivity index (χ0) is 15.4. The fourth-order valence-electron chi connectivity index (χ4n) is 1.76. The summed E-state index contributed by atoms with van der Waals surface area (Å²) in [5, 5.41) is 19.5. The van der Waals surface area contributed by atoms with Crippen LogP contribution in [0.25, 0.3) is 0 Å². The normalized spacial score (nSPS) is 10.4. The average molecular weight is 295 g/mol. The number of aliphatic hydroxyl groups excluding tert-OH is 1. The van der Waals surface area contributed by atoms with Gasteiger partial charge < -0.3 is 9.84 Å². The molecule has 0 aromatic heterocycles. The van der Waals surface area contributed by atoms with Crippen molar-refractivity contribution in [2.45, 2.75) is 13.2 Å². The van der Waals surface area contributed by atoms with E-state index in [4.69, 9.17) is 9.84 Å². The first-order valence-corrected chi connectivity index (χ1v) is 5.96. The van der Waals surface area contributed by atoms with Gasteiger partial charge in [-0.05, 0) is 23.3 Å². The monoisotopic (exact) mass is 295 g/mol. The molecular formula is C14H11F2NO4. The highest BCUT2D eigenvalue weighted by Gasteiger charge is 2.13. The smallest absolute Gasteiger partial charge is 0.269 e. The van der Waals surface area contributed by atoms with E-state index < -0.39 is 28.9 Å². The van der Waals surface area contributed by atoms with Crippen molar-refractivity contribution in [1.82, 2.24) is 0 Å². The van der Waals surface area contributed by atoms with E-state index in [0.29, 0.717) is 5.56 Å². The minimum absolute atomic E-state index is 0.0905. The van der Waals surface area contributed by atoms with Crippen LogP contribution in [0.3, 0.4) is 0 Å². The van der Waals surface area contributed by atoms with E-state index in [1.807, 2.05) is 0 Å². The van der Waals surface area contributed by atoms with E-state index >= 15 is 0 Å². The second kappa shape index (κ2) is 6.27. The zero-order valence-electron chi connectivity index (χ0n) is 10.8. The van der Waals surface area contributed by atoms with E-state index in [1.165, 1.54) is 18.2 Å². The fourth-order valence-corrected chi connectivity index (χ4v) is 1.76. The molecular weight excluding hydrogens is 284 g/mol. The molecule has 2 rings (SSSR count). The molecule has 0 fully saturated rings. The van der Waals surface area contributed by atoms with Crippen molar-refractivity contribution in [1.29, 1.82) is 0 Å². The van der Waals surface area contributed by atoms with Crippen LogP contribution >= 0.6 is 0 Å². The van der Waals surface area contributed by atoms with Crippen molar-refractivity contribution in [2.75, 3.05) is 0 Å². The molecule has 0 amide bonds. The first-order chi connectivity index (χ1) is 10.0. The summed E-state index contributed by atoms with van der Waals surface area (Å²) in [6.07, 6.45) is 0. The lowest BCUT2D eigenvalue weighted by molar-refractivity contribution is -0.384. The minimum Gasteiger partial charge on any atom is -0.483 e. The van der Waals surface area contributed by atoms with E-state index in [0.717, 1.165) is 12.1 Å². The predicted molar refractivity (Wildman–Crippen MR) is 69.7 cm³/mol. The van der Waals surface area contributed by atoms with Crippen molar-refractivity contribution in [3.05, 3.63) is 69.3 Å². The van der Waals surface area contributed by atoms with Crippen LogP contribution in [0, 0.1) is 21.7 Å². The lowest BCUT2D eigenvalue weighted by Crippen LogP contribution is -2.02.